The lowest BCUT2D eigenvalue weighted by Crippen LogP contribution is -2.54. The molecule has 1 aliphatic heterocycles. The molecule has 1 aromatic carbocycles. The van der Waals surface area contributed by atoms with E-state index in [2.05, 4.69) is 47.1 Å². The molecule has 2 heterocycles. The van der Waals surface area contributed by atoms with Gasteiger partial charge in [-0.25, -0.2) is 0 Å². The van der Waals surface area contributed by atoms with Crippen molar-refractivity contribution in [3.63, 3.8) is 0 Å². The number of carbonyl (C=O) groups excluding carboxylic acids is 2. The number of rotatable bonds is 6. The maximum atomic E-state index is 13.3. The number of hydrogen-bond donors (Lipinski definition) is 1. The first kappa shape index (κ1) is 19.2. The van der Waals surface area contributed by atoms with Gasteiger partial charge >= 0.3 is 0 Å². The molecule has 2 aliphatic rings. The lowest BCUT2D eigenvalue weighted by Gasteiger charge is -2.42. The summed E-state index contributed by atoms with van der Waals surface area (Å²) < 4.78 is 0. The molecule has 1 N–H and O–H groups in total. The first-order chi connectivity index (χ1) is 13.6. The Bertz CT molecular complexity index is 844. The van der Waals surface area contributed by atoms with E-state index in [1.807, 2.05) is 11.8 Å². The minimum absolute atomic E-state index is 0.130. The topological polar surface area (TPSA) is 49.4 Å². The minimum atomic E-state index is -0.528. The van der Waals surface area contributed by atoms with Gasteiger partial charge < -0.3 is 10.2 Å². The molecule has 1 saturated heterocycles. The smallest absolute Gasteiger partial charge is 0.228 e. The third-order valence-corrected chi connectivity index (χ3v) is 6.82. The second-order valence-corrected chi connectivity index (χ2v) is 9.10. The first-order valence-corrected chi connectivity index (χ1v) is 11.2. The number of benzene rings is 1. The van der Waals surface area contributed by atoms with Crippen LogP contribution in [0.1, 0.15) is 44.6 Å². The molecule has 4 nitrogen and oxygen atoms in total. The van der Waals surface area contributed by atoms with E-state index in [9.17, 15) is 9.59 Å². The Morgan fingerprint density at radius 1 is 1.25 bits per heavy atom. The van der Waals surface area contributed by atoms with E-state index in [4.69, 9.17) is 0 Å². The fourth-order valence-corrected chi connectivity index (χ4v) is 4.94. The molecule has 1 aliphatic carbocycles. The zero-order chi connectivity index (χ0) is 19.6. The number of hydrogen-bond acceptors (Lipinski definition) is 3. The van der Waals surface area contributed by atoms with Crippen LogP contribution >= 0.6 is 11.3 Å². The van der Waals surface area contributed by atoms with Gasteiger partial charge in [0.05, 0.1) is 5.41 Å². The average Bonchev–Trinajstić information content (AvgIpc) is 3.36. The van der Waals surface area contributed by atoms with Crippen LogP contribution < -0.4 is 5.32 Å². The third kappa shape index (κ3) is 4.14. The van der Waals surface area contributed by atoms with Gasteiger partial charge in [-0.15, -0.1) is 11.3 Å². The van der Waals surface area contributed by atoms with Crippen molar-refractivity contribution in [3.05, 3.63) is 47.3 Å². The molecule has 2 aromatic rings. The average molecular weight is 397 g/mol. The maximum absolute atomic E-state index is 13.3. The van der Waals surface area contributed by atoms with Crippen molar-refractivity contribution in [1.29, 1.82) is 0 Å². The Balaban J connectivity index is 1.61. The zero-order valence-corrected chi connectivity index (χ0v) is 17.3. The highest BCUT2D eigenvalue weighted by Gasteiger charge is 2.44. The number of likely N-dealkylation sites (tertiary alicyclic amines) is 1. The number of carbonyl (C=O) groups is 2. The van der Waals surface area contributed by atoms with E-state index < -0.39 is 5.41 Å². The van der Waals surface area contributed by atoms with E-state index in [0.29, 0.717) is 25.4 Å². The van der Waals surface area contributed by atoms with Crippen molar-refractivity contribution in [2.24, 2.45) is 5.41 Å². The van der Waals surface area contributed by atoms with Crippen molar-refractivity contribution in [1.82, 2.24) is 10.2 Å². The lowest BCUT2D eigenvalue weighted by molar-refractivity contribution is -0.141. The van der Waals surface area contributed by atoms with E-state index in [0.717, 1.165) is 32.2 Å². The lowest BCUT2D eigenvalue weighted by atomic mass is 9.74. The molecule has 0 bridgehead atoms. The van der Waals surface area contributed by atoms with Gasteiger partial charge in [-0.1, -0.05) is 37.3 Å². The maximum Gasteiger partial charge on any atom is 0.228 e. The van der Waals surface area contributed by atoms with Crippen LogP contribution in [0.5, 0.6) is 0 Å². The zero-order valence-electron chi connectivity index (χ0n) is 16.4. The largest absolute Gasteiger partial charge is 0.353 e. The summed E-state index contributed by atoms with van der Waals surface area (Å²) in [6.45, 7) is 3.19. The summed E-state index contributed by atoms with van der Waals surface area (Å²) in [4.78, 5) is 28.8. The summed E-state index contributed by atoms with van der Waals surface area (Å²) in [6.07, 6.45) is 5.05. The van der Waals surface area contributed by atoms with E-state index in [-0.39, 0.29) is 11.8 Å². The van der Waals surface area contributed by atoms with E-state index in [1.54, 1.807) is 11.3 Å². The molecule has 1 atom stereocenters. The number of amides is 2. The fraction of sp³-hybridized carbons (Fsp3) is 0.478. The summed E-state index contributed by atoms with van der Waals surface area (Å²) in [6, 6.07) is 13.0. The van der Waals surface area contributed by atoms with Crippen molar-refractivity contribution in [2.45, 2.75) is 51.5 Å². The summed E-state index contributed by atoms with van der Waals surface area (Å²) in [5, 5.41) is 5.31. The molecule has 1 saturated carbocycles. The second kappa shape index (κ2) is 8.08. The van der Waals surface area contributed by atoms with Crippen LogP contribution in [0.3, 0.4) is 0 Å². The van der Waals surface area contributed by atoms with Crippen molar-refractivity contribution < 1.29 is 9.59 Å². The monoisotopic (exact) mass is 396 g/mol. The van der Waals surface area contributed by atoms with Crippen LogP contribution in [0.25, 0.3) is 10.4 Å². The van der Waals surface area contributed by atoms with Crippen LogP contribution in [0, 0.1) is 5.41 Å². The van der Waals surface area contributed by atoms with E-state index >= 15 is 0 Å². The molecular weight excluding hydrogens is 368 g/mol. The van der Waals surface area contributed by atoms with Gasteiger partial charge in [-0.05, 0) is 54.7 Å². The normalized spacial score (nSPS) is 22.1. The Hall–Kier alpha value is -2.14. The highest BCUT2D eigenvalue weighted by Crippen LogP contribution is 2.37. The van der Waals surface area contributed by atoms with Crippen LogP contribution in [0.2, 0.25) is 0 Å². The predicted molar refractivity (Wildman–Crippen MR) is 113 cm³/mol. The number of thiophene rings is 1. The summed E-state index contributed by atoms with van der Waals surface area (Å²) in [5.41, 5.74) is 1.84. The molecule has 2 amide bonds. The first-order valence-electron chi connectivity index (χ1n) is 10.3. The van der Waals surface area contributed by atoms with Crippen molar-refractivity contribution in [3.8, 4) is 10.4 Å². The van der Waals surface area contributed by atoms with Crippen LogP contribution in [0.4, 0.5) is 0 Å². The molecule has 148 valence electrons. The molecule has 0 unspecified atom stereocenters. The quantitative estimate of drug-likeness (QED) is 0.793. The summed E-state index contributed by atoms with van der Waals surface area (Å²) in [5.74, 6) is 0.278. The number of nitrogens with one attached hydrogen (secondary N) is 1. The molecule has 2 fully saturated rings. The SMILES string of the molecule is CCC(=O)N1CCC[C@](Cc2cccc(-c3cccs3)c2)(C(=O)NC2CC2)C1. The van der Waals surface area contributed by atoms with Crippen molar-refractivity contribution >= 4 is 23.2 Å². The standard InChI is InChI=1S/C23H28N2O2S/c1-2-21(26)25-12-5-11-23(16-25,22(27)24-19-9-10-19)15-17-6-3-7-18(14-17)20-8-4-13-28-20/h3-4,6-8,13-14,19H,2,5,9-12,15-16H2,1H3,(H,24,27)/t23-/m1/s1. The molecular formula is C23H28N2O2S. The summed E-state index contributed by atoms with van der Waals surface area (Å²) >= 11 is 1.73. The van der Waals surface area contributed by atoms with Crippen molar-refractivity contribution in [2.75, 3.05) is 13.1 Å². The Morgan fingerprint density at radius 2 is 2.11 bits per heavy atom. The predicted octanol–water partition coefficient (Wildman–Crippen LogP) is 4.26. The molecule has 5 heteroatoms. The molecule has 0 spiro atoms. The highest BCUT2D eigenvalue weighted by atomic mass is 32.1. The van der Waals surface area contributed by atoms with Gasteiger partial charge in [-0.3, -0.25) is 9.59 Å². The van der Waals surface area contributed by atoms with E-state index in [1.165, 1.54) is 16.0 Å². The van der Waals surface area contributed by atoms with Gasteiger partial charge in [0.15, 0.2) is 0 Å². The molecule has 4 rings (SSSR count). The second-order valence-electron chi connectivity index (χ2n) is 8.15. The van der Waals surface area contributed by atoms with Gasteiger partial charge in [0.1, 0.15) is 0 Å². The van der Waals surface area contributed by atoms with Gasteiger partial charge in [0.25, 0.3) is 0 Å². The molecule has 0 radical (unpaired) electrons. The Labute approximate surface area is 170 Å². The number of nitrogens with zero attached hydrogens (tertiary/aromatic N) is 1. The third-order valence-electron chi connectivity index (χ3n) is 5.90. The summed E-state index contributed by atoms with van der Waals surface area (Å²) in [7, 11) is 0. The van der Waals surface area contributed by atoms with Crippen LogP contribution in [0.15, 0.2) is 41.8 Å². The van der Waals surface area contributed by atoms with Gasteiger partial charge in [-0.2, -0.15) is 0 Å². The Kier molecular flexibility index (Phi) is 5.54. The van der Waals surface area contributed by atoms with Gasteiger partial charge in [0.2, 0.25) is 11.8 Å². The fourth-order valence-electron chi connectivity index (χ4n) is 4.21. The van der Waals surface area contributed by atoms with Gasteiger partial charge in [0, 0.05) is 30.4 Å². The molecule has 1 aromatic heterocycles. The highest BCUT2D eigenvalue weighted by molar-refractivity contribution is 7.13. The Morgan fingerprint density at radius 3 is 2.82 bits per heavy atom. The minimum Gasteiger partial charge on any atom is -0.353 e. The molecule has 28 heavy (non-hydrogen) atoms. The van der Waals surface area contributed by atoms with Crippen LogP contribution in [-0.4, -0.2) is 35.8 Å². The number of piperidine rings is 1. The van der Waals surface area contributed by atoms with Crippen LogP contribution in [-0.2, 0) is 16.0 Å².